The molecule has 2 aromatic carbocycles. The van der Waals surface area contributed by atoms with Crippen LogP contribution in [-0.4, -0.2) is 44.8 Å². The first kappa shape index (κ1) is 21.8. The van der Waals surface area contributed by atoms with Crippen molar-refractivity contribution in [3.63, 3.8) is 0 Å². The van der Waals surface area contributed by atoms with Crippen LogP contribution in [0.15, 0.2) is 47.4 Å². The smallest absolute Gasteiger partial charge is 0.337 e. The number of halogens is 2. The Kier molecular flexibility index (Phi) is 6.47. The van der Waals surface area contributed by atoms with Gasteiger partial charge in [0.2, 0.25) is 15.9 Å². The number of nitrogens with one attached hydrogen (secondary N) is 1. The lowest BCUT2D eigenvalue weighted by Gasteiger charge is -2.30. The summed E-state index contributed by atoms with van der Waals surface area (Å²) in [5, 5.41) is 2.73. The van der Waals surface area contributed by atoms with Crippen molar-refractivity contribution < 1.29 is 31.5 Å². The first-order chi connectivity index (χ1) is 14.2. The molecule has 0 unspecified atom stereocenters. The van der Waals surface area contributed by atoms with Crippen molar-refractivity contribution in [1.29, 1.82) is 0 Å². The van der Waals surface area contributed by atoms with Crippen LogP contribution in [0.4, 0.5) is 14.5 Å². The average molecular weight is 438 g/mol. The number of amides is 1. The molecule has 0 spiro atoms. The van der Waals surface area contributed by atoms with Gasteiger partial charge in [-0.25, -0.2) is 22.0 Å². The number of carbonyl (C=O) groups is 2. The Bertz CT molecular complexity index is 1050. The van der Waals surface area contributed by atoms with Gasteiger partial charge in [0.1, 0.15) is 16.5 Å². The maximum Gasteiger partial charge on any atom is 0.337 e. The molecule has 1 amide bonds. The molecule has 1 N–H and O–H groups in total. The Morgan fingerprint density at radius 1 is 1.07 bits per heavy atom. The third-order valence-electron chi connectivity index (χ3n) is 4.91. The fraction of sp³-hybridized carbons (Fsp3) is 0.300. The number of esters is 1. The highest BCUT2D eigenvalue weighted by Gasteiger charge is 2.33. The summed E-state index contributed by atoms with van der Waals surface area (Å²) in [7, 11) is -2.92. The van der Waals surface area contributed by atoms with E-state index in [0.717, 1.165) is 16.4 Å². The van der Waals surface area contributed by atoms with Gasteiger partial charge in [0.05, 0.1) is 12.7 Å². The van der Waals surface area contributed by atoms with E-state index in [2.05, 4.69) is 10.1 Å². The summed E-state index contributed by atoms with van der Waals surface area (Å²) in [6.07, 6.45) is 0.477. The largest absolute Gasteiger partial charge is 0.465 e. The lowest BCUT2D eigenvalue weighted by molar-refractivity contribution is -0.120. The van der Waals surface area contributed by atoms with Crippen molar-refractivity contribution in [3.8, 4) is 0 Å². The Labute approximate surface area is 172 Å². The summed E-state index contributed by atoms with van der Waals surface area (Å²) < 4.78 is 58.2. The molecule has 1 aliphatic heterocycles. The number of ether oxygens (including phenoxy) is 1. The van der Waals surface area contributed by atoms with Crippen molar-refractivity contribution >= 4 is 27.6 Å². The SMILES string of the molecule is COC(=O)c1ccc(NC(=O)C2CCN(S(=O)(=O)c3cc(F)ccc3F)CC2)cc1. The molecule has 0 atom stereocenters. The molecule has 0 aromatic heterocycles. The highest BCUT2D eigenvalue weighted by atomic mass is 32.2. The number of hydrogen-bond acceptors (Lipinski definition) is 5. The number of nitrogens with zero attached hydrogens (tertiary/aromatic N) is 1. The molecule has 10 heteroatoms. The average Bonchev–Trinajstić information content (AvgIpc) is 2.75. The van der Waals surface area contributed by atoms with Crippen LogP contribution in [0.25, 0.3) is 0 Å². The maximum absolute atomic E-state index is 13.9. The molecule has 0 bridgehead atoms. The van der Waals surface area contributed by atoms with E-state index in [1.54, 1.807) is 12.1 Å². The third kappa shape index (κ3) is 4.65. The molecule has 1 fully saturated rings. The molecule has 30 heavy (non-hydrogen) atoms. The number of rotatable bonds is 5. The first-order valence-corrected chi connectivity index (χ1v) is 10.6. The predicted octanol–water partition coefficient (Wildman–Crippen LogP) is 2.79. The number of sulfonamides is 1. The molecule has 7 nitrogen and oxygen atoms in total. The number of methoxy groups -OCH3 is 1. The van der Waals surface area contributed by atoms with Crippen LogP contribution >= 0.6 is 0 Å². The number of benzene rings is 2. The molecule has 2 aromatic rings. The van der Waals surface area contributed by atoms with Crippen LogP contribution in [0, 0.1) is 17.6 Å². The summed E-state index contributed by atoms with van der Waals surface area (Å²) in [6.45, 7) is 0.0231. The van der Waals surface area contributed by atoms with Crippen molar-refractivity contribution in [2.45, 2.75) is 17.7 Å². The summed E-state index contributed by atoms with van der Waals surface area (Å²) in [6, 6.07) is 8.44. The summed E-state index contributed by atoms with van der Waals surface area (Å²) in [5.74, 6) is -3.07. The zero-order valence-electron chi connectivity index (χ0n) is 16.1. The summed E-state index contributed by atoms with van der Waals surface area (Å²) in [4.78, 5) is 23.2. The Morgan fingerprint density at radius 3 is 2.30 bits per heavy atom. The number of anilines is 1. The molecule has 1 aliphatic rings. The van der Waals surface area contributed by atoms with E-state index in [-0.39, 0.29) is 31.8 Å². The second kappa shape index (κ2) is 8.88. The molecule has 0 aliphatic carbocycles. The number of piperidine rings is 1. The van der Waals surface area contributed by atoms with Crippen molar-refractivity contribution in [2.75, 3.05) is 25.5 Å². The van der Waals surface area contributed by atoms with Crippen LogP contribution in [-0.2, 0) is 19.6 Å². The molecule has 0 radical (unpaired) electrons. The van der Waals surface area contributed by atoms with Gasteiger partial charge in [0.25, 0.3) is 0 Å². The van der Waals surface area contributed by atoms with E-state index in [1.807, 2.05) is 0 Å². The zero-order chi connectivity index (χ0) is 21.9. The minimum atomic E-state index is -4.20. The molecular formula is C20H20F2N2O5S. The van der Waals surface area contributed by atoms with E-state index in [1.165, 1.54) is 19.2 Å². The fourth-order valence-corrected chi connectivity index (χ4v) is 4.77. The van der Waals surface area contributed by atoms with Gasteiger partial charge in [-0.05, 0) is 55.3 Å². The second-order valence-electron chi connectivity index (χ2n) is 6.81. The van der Waals surface area contributed by atoms with Gasteiger partial charge >= 0.3 is 5.97 Å². The molecule has 0 saturated carbocycles. The molecule has 160 valence electrons. The minimum absolute atomic E-state index is 0.0116. The number of hydrogen-bond donors (Lipinski definition) is 1. The zero-order valence-corrected chi connectivity index (χ0v) is 16.9. The van der Waals surface area contributed by atoms with Gasteiger partial charge in [-0.1, -0.05) is 0 Å². The molecule has 1 heterocycles. The van der Waals surface area contributed by atoms with Gasteiger partial charge in [-0.3, -0.25) is 4.79 Å². The highest BCUT2D eigenvalue weighted by molar-refractivity contribution is 7.89. The summed E-state index contributed by atoms with van der Waals surface area (Å²) >= 11 is 0. The first-order valence-electron chi connectivity index (χ1n) is 9.17. The summed E-state index contributed by atoms with van der Waals surface area (Å²) in [5.41, 5.74) is 0.836. The van der Waals surface area contributed by atoms with E-state index in [0.29, 0.717) is 17.3 Å². The topological polar surface area (TPSA) is 92.8 Å². The number of carbonyl (C=O) groups excluding carboxylic acids is 2. The third-order valence-corrected chi connectivity index (χ3v) is 6.82. The van der Waals surface area contributed by atoms with Crippen LogP contribution in [0.3, 0.4) is 0 Å². The van der Waals surface area contributed by atoms with E-state index < -0.39 is 38.4 Å². The van der Waals surface area contributed by atoms with Gasteiger partial charge in [-0.2, -0.15) is 4.31 Å². The maximum atomic E-state index is 13.9. The van der Waals surface area contributed by atoms with Crippen LogP contribution in [0.2, 0.25) is 0 Å². The van der Waals surface area contributed by atoms with Crippen LogP contribution < -0.4 is 5.32 Å². The lowest BCUT2D eigenvalue weighted by atomic mass is 9.97. The molecular weight excluding hydrogens is 418 g/mol. The van der Waals surface area contributed by atoms with Gasteiger partial charge in [-0.15, -0.1) is 0 Å². The van der Waals surface area contributed by atoms with Gasteiger partial charge in [0, 0.05) is 24.7 Å². The molecule has 1 saturated heterocycles. The van der Waals surface area contributed by atoms with E-state index in [4.69, 9.17) is 0 Å². The molecule has 3 rings (SSSR count). The standard InChI is InChI=1S/C20H20F2N2O5S/c1-29-20(26)14-2-5-16(6-3-14)23-19(25)13-8-10-24(11-9-13)30(27,28)18-12-15(21)4-7-17(18)22/h2-7,12-13H,8-11H2,1H3,(H,23,25). The van der Waals surface area contributed by atoms with Crippen molar-refractivity contribution in [2.24, 2.45) is 5.92 Å². The minimum Gasteiger partial charge on any atom is -0.465 e. The predicted molar refractivity (Wildman–Crippen MR) is 104 cm³/mol. The second-order valence-corrected chi connectivity index (χ2v) is 8.72. The normalized spacial score (nSPS) is 15.6. The quantitative estimate of drug-likeness (QED) is 0.725. The van der Waals surface area contributed by atoms with Crippen LogP contribution in [0.1, 0.15) is 23.2 Å². The van der Waals surface area contributed by atoms with Gasteiger partial charge in [0.15, 0.2) is 0 Å². The van der Waals surface area contributed by atoms with Gasteiger partial charge < -0.3 is 10.1 Å². The monoisotopic (exact) mass is 438 g/mol. The highest BCUT2D eigenvalue weighted by Crippen LogP contribution is 2.26. The Hall–Kier alpha value is -2.85. The van der Waals surface area contributed by atoms with Crippen LogP contribution in [0.5, 0.6) is 0 Å². The van der Waals surface area contributed by atoms with E-state index >= 15 is 0 Å². The fourth-order valence-electron chi connectivity index (χ4n) is 3.22. The Morgan fingerprint density at radius 2 is 1.70 bits per heavy atom. The van der Waals surface area contributed by atoms with Crippen molar-refractivity contribution in [1.82, 2.24) is 4.31 Å². The van der Waals surface area contributed by atoms with E-state index in [9.17, 15) is 26.8 Å². The van der Waals surface area contributed by atoms with Crippen molar-refractivity contribution in [3.05, 3.63) is 59.7 Å². The Balaban J connectivity index is 1.61. The lowest BCUT2D eigenvalue weighted by Crippen LogP contribution is -2.41.